The molecule has 0 radical (unpaired) electrons. The van der Waals surface area contributed by atoms with E-state index in [1.165, 1.54) is 4.90 Å². The van der Waals surface area contributed by atoms with Gasteiger partial charge in [0.25, 0.3) is 5.91 Å². The van der Waals surface area contributed by atoms with E-state index in [1.54, 1.807) is 7.05 Å². The zero-order valence-electron chi connectivity index (χ0n) is 12.4. The fourth-order valence-electron chi connectivity index (χ4n) is 2.73. The normalized spacial score (nSPS) is 16.6. The van der Waals surface area contributed by atoms with E-state index in [1.807, 2.05) is 0 Å². The van der Waals surface area contributed by atoms with Crippen molar-refractivity contribution >= 4 is 5.91 Å². The Hall–Kier alpha value is -2.16. The van der Waals surface area contributed by atoms with Crippen LogP contribution in [-0.4, -0.2) is 30.0 Å². The van der Waals surface area contributed by atoms with Gasteiger partial charge in [0.2, 0.25) is 0 Å². The van der Waals surface area contributed by atoms with Crippen LogP contribution in [0.25, 0.3) is 0 Å². The summed E-state index contributed by atoms with van der Waals surface area (Å²) in [5, 5.41) is 9.43. The van der Waals surface area contributed by atoms with Crippen LogP contribution in [0.1, 0.15) is 32.1 Å². The number of rotatable bonds is 4. The van der Waals surface area contributed by atoms with Gasteiger partial charge in [0, 0.05) is 13.1 Å². The molecular weight excluding hydrogens is 290 g/mol. The molecule has 0 unspecified atom stereocenters. The maximum atomic E-state index is 13.5. The van der Waals surface area contributed by atoms with Gasteiger partial charge in [-0.25, -0.2) is 8.78 Å². The first-order valence-corrected chi connectivity index (χ1v) is 7.24. The molecule has 1 aliphatic rings. The largest absolute Gasteiger partial charge is 0.481 e. The number of nitrogens with zero attached hydrogens (tertiary/aromatic N) is 2. The van der Waals surface area contributed by atoms with Crippen molar-refractivity contribution in [3.05, 3.63) is 29.8 Å². The average Bonchev–Trinajstić information content (AvgIpc) is 2.53. The van der Waals surface area contributed by atoms with Gasteiger partial charge in [-0.1, -0.05) is 19.3 Å². The van der Waals surface area contributed by atoms with Gasteiger partial charge in [-0.05, 0) is 25.0 Å². The number of carbonyl (C=O) groups is 1. The molecule has 0 atom stereocenters. The summed E-state index contributed by atoms with van der Waals surface area (Å²) >= 11 is 0. The highest BCUT2D eigenvalue weighted by atomic mass is 19.1. The van der Waals surface area contributed by atoms with Crippen molar-refractivity contribution in [3.63, 3.8) is 0 Å². The molecule has 1 saturated carbocycles. The summed E-state index contributed by atoms with van der Waals surface area (Å²) in [6.07, 6.45) is 4.13. The second-order valence-corrected chi connectivity index (χ2v) is 5.52. The van der Waals surface area contributed by atoms with Crippen LogP contribution in [0.5, 0.6) is 5.75 Å². The molecule has 22 heavy (non-hydrogen) atoms. The Morgan fingerprint density at radius 2 is 2.05 bits per heavy atom. The van der Waals surface area contributed by atoms with Crippen LogP contribution in [0.2, 0.25) is 0 Å². The van der Waals surface area contributed by atoms with Gasteiger partial charge < -0.3 is 9.64 Å². The molecule has 1 aliphatic carbocycles. The monoisotopic (exact) mass is 308 g/mol. The third-order valence-electron chi connectivity index (χ3n) is 4.15. The molecule has 4 nitrogen and oxygen atoms in total. The van der Waals surface area contributed by atoms with E-state index >= 15 is 0 Å². The molecule has 1 aromatic carbocycles. The molecule has 0 spiro atoms. The Bertz CT molecular complexity index is 592. The number of amides is 1. The van der Waals surface area contributed by atoms with Crippen molar-refractivity contribution < 1.29 is 18.3 Å². The lowest BCUT2D eigenvalue weighted by atomic mass is 9.81. The summed E-state index contributed by atoms with van der Waals surface area (Å²) in [7, 11) is 1.57. The van der Waals surface area contributed by atoms with Crippen molar-refractivity contribution in [2.45, 2.75) is 37.6 Å². The molecule has 118 valence electrons. The highest BCUT2D eigenvalue weighted by Crippen LogP contribution is 2.32. The standard InChI is InChI=1S/C16H18F2N2O2/c1-20(16(11-19)7-3-2-4-8-16)15(21)10-22-14-6-5-12(17)9-13(14)18/h5-6,9H,2-4,7-8,10H2,1H3. The van der Waals surface area contributed by atoms with E-state index in [4.69, 9.17) is 4.74 Å². The smallest absolute Gasteiger partial charge is 0.261 e. The molecule has 0 heterocycles. The van der Waals surface area contributed by atoms with Crippen LogP contribution < -0.4 is 4.74 Å². The molecule has 1 amide bonds. The van der Waals surface area contributed by atoms with Gasteiger partial charge in [0.15, 0.2) is 18.2 Å². The predicted octanol–water partition coefficient (Wildman–Crippen LogP) is 3.03. The SMILES string of the molecule is CN(C(=O)COc1ccc(F)cc1F)C1(C#N)CCCCC1. The first-order chi connectivity index (χ1) is 10.5. The summed E-state index contributed by atoms with van der Waals surface area (Å²) in [5.41, 5.74) is -0.806. The van der Waals surface area contributed by atoms with Gasteiger partial charge >= 0.3 is 0 Å². The van der Waals surface area contributed by atoms with Crippen molar-refractivity contribution in [1.29, 1.82) is 5.26 Å². The number of hydrogen-bond donors (Lipinski definition) is 0. The van der Waals surface area contributed by atoms with E-state index < -0.39 is 23.1 Å². The lowest BCUT2D eigenvalue weighted by Crippen LogP contribution is -2.51. The van der Waals surface area contributed by atoms with Crippen LogP contribution >= 0.6 is 0 Å². The lowest BCUT2D eigenvalue weighted by molar-refractivity contribution is -0.137. The molecule has 0 N–H and O–H groups in total. The number of nitriles is 1. The highest BCUT2D eigenvalue weighted by Gasteiger charge is 2.38. The third kappa shape index (κ3) is 3.35. The molecular formula is C16H18F2N2O2. The minimum Gasteiger partial charge on any atom is -0.481 e. The minimum absolute atomic E-state index is 0.183. The van der Waals surface area contributed by atoms with Crippen LogP contribution in [0.15, 0.2) is 18.2 Å². The Labute approximate surface area is 128 Å². The van der Waals surface area contributed by atoms with Gasteiger partial charge in [-0.15, -0.1) is 0 Å². The quantitative estimate of drug-likeness (QED) is 0.859. The number of benzene rings is 1. The van der Waals surface area contributed by atoms with Gasteiger partial charge in [-0.2, -0.15) is 5.26 Å². The Balaban J connectivity index is 2.00. The Kier molecular flexibility index (Phi) is 4.96. The van der Waals surface area contributed by atoms with E-state index in [0.29, 0.717) is 18.9 Å². The van der Waals surface area contributed by atoms with Gasteiger partial charge in [0.1, 0.15) is 11.4 Å². The Morgan fingerprint density at radius 3 is 2.64 bits per heavy atom. The van der Waals surface area contributed by atoms with Crippen LogP contribution in [0, 0.1) is 23.0 Å². The summed E-state index contributed by atoms with van der Waals surface area (Å²) in [4.78, 5) is 13.6. The van der Waals surface area contributed by atoms with E-state index in [9.17, 15) is 18.8 Å². The first kappa shape index (κ1) is 16.2. The zero-order valence-corrected chi connectivity index (χ0v) is 12.4. The van der Waals surface area contributed by atoms with E-state index in [2.05, 4.69) is 6.07 Å². The fourth-order valence-corrected chi connectivity index (χ4v) is 2.73. The van der Waals surface area contributed by atoms with E-state index in [0.717, 1.165) is 31.4 Å². The molecule has 0 aromatic heterocycles. The highest BCUT2D eigenvalue weighted by molar-refractivity contribution is 5.78. The second kappa shape index (κ2) is 6.73. The second-order valence-electron chi connectivity index (χ2n) is 5.52. The van der Waals surface area contributed by atoms with Gasteiger partial charge in [-0.3, -0.25) is 4.79 Å². The average molecular weight is 308 g/mol. The minimum atomic E-state index is -0.858. The van der Waals surface area contributed by atoms with Crippen molar-refractivity contribution in [1.82, 2.24) is 4.90 Å². The number of halogens is 2. The number of likely N-dealkylation sites (N-methyl/N-ethyl adjacent to an activating group) is 1. The molecule has 1 fully saturated rings. The fraction of sp³-hybridized carbons (Fsp3) is 0.500. The molecule has 0 saturated heterocycles. The molecule has 1 aromatic rings. The topological polar surface area (TPSA) is 53.3 Å². The molecule has 6 heteroatoms. The van der Waals surface area contributed by atoms with Gasteiger partial charge in [0.05, 0.1) is 6.07 Å². The summed E-state index contributed by atoms with van der Waals surface area (Å²) in [6, 6.07) is 5.13. The third-order valence-corrected chi connectivity index (χ3v) is 4.15. The molecule has 0 bridgehead atoms. The summed E-state index contributed by atoms with van der Waals surface area (Å²) in [6.45, 7) is -0.386. The number of hydrogen-bond acceptors (Lipinski definition) is 3. The zero-order chi connectivity index (χ0) is 16.2. The summed E-state index contributed by atoms with van der Waals surface area (Å²) in [5.74, 6) is -2.15. The van der Waals surface area contributed by atoms with Crippen LogP contribution in [0.3, 0.4) is 0 Å². The molecule has 2 rings (SSSR count). The van der Waals surface area contributed by atoms with Crippen molar-refractivity contribution in [3.8, 4) is 11.8 Å². The van der Waals surface area contributed by atoms with E-state index in [-0.39, 0.29) is 12.4 Å². The number of ether oxygens (including phenoxy) is 1. The van der Waals surface area contributed by atoms with Crippen molar-refractivity contribution in [2.75, 3.05) is 13.7 Å². The predicted molar refractivity (Wildman–Crippen MR) is 76.1 cm³/mol. The van der Waals surface area contributed by atoms with Crippen LogP contribution in [0.4, 0.5) is 8.78 Å². The number of carbonyl (C=O) groups excluding carboxylic acids is 1. The molecule has 0 aliphatic heterocycles. The summed E-state index contributed by atoms with van der Waals surface area (Å²) < 4.78 is 31.4. The maximum absolute atomic E-state index is 13.5. The lowest BCUT2D eigenvalue weighted by Gasteiger charge is -2.38. The van der Waals surface area contributed by atoms with Crippen LogP contribution in [-0.2, 0) is 4.79 Å². The Morgan fingerprint density at radius 1 is 1.36 bits per heavy atom. The maximum Gasteiger partial charge on any atom is 0.261 e. The first-order valence-electron chi connectivity index (χ1n) is 7.24. The van der Waals surface area contributed by atoms with Crippen molar-refractivity contribution in [2.24, 2.45) is 0 Å².